The van der Waals surface area contributed by atoms with Gasteiger partial charge in [-0.15, -0.1) is 0 Å². The molecular weight excluding hydrogens is 258 g/mol. The fourth-order valence-corrected chi connectivity index (χ4v) is 3.14. The van der Waals surface area contributed by atoms with Crippen LogP contribution in [0.15, 0.2) is 24.3 Å². The number of hydrogen-bond donors (Lipinski definition) is 2. The third-order valence-corrected chi connectivity index (χ3v) is 4.41. The fourth-order valence-electron chi connectivity index (χ4n) is 2.32. The summed E-state index contributed by atoms with van der Waals surface area (Å²) in [5.74, 6) is 3.80. The van der Waals surface area contributed by atoms with Crippen molar-refractivity contribution in [3.63, 3.8) is 0 Å². The average molecular weight is 281 g/mol. The smallest absolute Gasteiger partial charge is 0.122 e. The van der Waals surface area contributed by atoms with Gasteiger partial charge in [0, 0.05) is 31.4 Å². The zero-order chi connectivity index (χ0) is 13.3. The zero-order valence-electron chi connectivity index (χ0n) is 11.3. The number of thioether (sulfide) groups is 1. The van der Waals surface area contributed by atoms with Crippen LogP contribution in [0, 0.1) is 0 Å². The summed E-state index contributed by atoms with van der Waals surface area (Å²) in [6.07, 6.45) is 2.00. The van der Waals surface area contributed by atoms with Crippen LogP contribution >= 0.6 is 11.8 Å². The molecule has 4 heteroatoms. The summed E-state index contributed by atoms with van der Waals surface area (Å²) in [6, 6.07) is 8.36. The molecule has 1 aromatic carbocycles. The maximum absolute atomic E-state index is 8.69. The summed E-state index contributed by atoms with van der Waals surface area (Å²) in [5.41, 5.74) is 1.34. The van der Waals surface area contributed by atoms with E-state index in [9.17, 15) is 0 Å². The Hall–Kier alpha value is -0.710. The van der Waals surface area contributed by atoms with E-state index in [4.69, 9.17) is 9.84 Å². The van der Waals surface area contributed by atoms with Crippen LogP contribution in [0.25, 0.3) is 0 Å². The SMILES string of the molecule is OCCCSCCNCC1CCOc2ccccc21. The molecule has 1 aliphatic heterocycles. The topological polar surface area (TPSA) is 41.5 Å². The van der Waals surface area contributed by atoms with Crippen LogP contribution in [-0.2, 0) is 0 Å². The number of rotatable bonds is 8. The number of aliphatic hydroxyl groups is 1. The predicted octanol–water partition coefficient (Wildman–Crippen LogP) is 2.26. The number of fused-ring (bicyclic) bond motifs is 1. The summed E-state index contributed by atoms with van der Waals surface area (Å²) in [7, 11) is 0. The lowest BCUT2D eigenvalue weighted by atomic mass is 9.93. The lowest BCUT2D eigenvalue weighted by molar-refractivity contribution is 0.265. The first-order valence-corrected chi connectivity index (χ1v) is 8.18. The predicted molar refractivity (Wildman–Crippen MR) is 81.2 cm³/mol. The minimum atomic E-state index is 0.305. The van der Waals surface area contributed by atoms with E-state index in [1.54, 1.807) is 0 Å². The van der Waals surface area contributed by atoms with Crippen molar-refractivity contribution in [3.05, 3.63) is 29.8 Å². The summed E-state index contributed by atoms with van der Waals surface area (Å²) in [6.45, 7) is 3.20. The van der Waals surface area contributed by atoms with E-state index in [2.05, 4.69) is 23.5 Å². The van der Waals surface area contributed by atoms with Crippen LogP contribution < -0.4 is 10.1 Å². The van der Waals surface area contributed by atoms with Gasteiger partial charge in [0.25, 0.3) is 0 Å². The van der Waals surface area contributed by atoms with Crippen molar-refractivity contribution in [2.45, 2.75) is 18.8 Å². The molecule has 19 heavy (non-hydrogen) atoms. The average Bonchev–Trinajstić information content (AvgIpc) is 2.46. The van der Waals surface area contributed by atoms with E-state index in [0.717, 1.165) is 49.8 Å². The molecule has 0 fully saturated rings. The minimum Gasteiger partial charge on any atom is -0.493 e. The van der Waals surface area contributed by atoms with Crippen LogP contribution in [0.1, 0.15) is 24.3 Å². The number of aliphatic hydroxyl groups excluding tert-OH is 1. The second-order valence-electron chi connectivity index (χ2n) is 4.77. The van der Waals surface area contributed by atoms with Gasteiger partial charge in [0.15, 0.2) is 0 Å². The van der Waals surface area contributed by atoms with E-state index in [1.165, 1.54) is 5.56 Å². The Morgan fingerprint density at radius 3 is 3.11 bits per heavy atom. The fraction of sp³-hybridized carbons (Fsp3) is 0.600. The van der Waals surface area contributed by atoms with E-state index in [-0.39, 0.29) is 0 Å². The molecule has 0 amide bonds. The molecule has 3 nitrogen and oxygen atoms in total. The Kier molecular flexibility index (Phi) is 6.54. The van der Waals surface area contributed by atoms with Gasteiger partial charge in [-0.1, -0.05) is 18.2 Å². The normalized spacial score (nSPS) is 17.8. The lowest BCUT2D eigenvalue weighted by Crippen LogP contribution is -2.27. The van der Waals surface area contributed by atoms with Gasteiger partial charge >= 0.3 is 0 Å². The Morgan fingerprint density at radius 2 is 2.21 bits per heavy atom. The molecule has 2 rings (SSSR count). The highest BCUT2D eigenvalue weighted by Gasteiger charge is 2.20. The van der Waals surface area contributed by atoms with Gasteiger partial charge in [0.1, 0.15) is 5.75 Å². The van der Waals surface area contributed by atoms with Crippen LogP contribution in [0.4, 0.5) is 0 Å². The van der Waals surface area contributed by atoms with Crippen LogP contribution in [-0.4, -0.2) is 42.9 Å². The van der Waals surface area contributed by atoms with Crippen molar-refractivity contribution < 1.29 is 9.84 Å². The molecular formula is C15H23NO2S. The van der Waals surface area contributed by atoms with E-state index < -0.39 is 0 Å². The van der Waals surface area contributed by atoms with Crippen molar-refractivity contribution in [3.8, 4) is 5.75 Å². The Bertz CT molecular complexity index is 373. The summed E-state index contributed by atoms with van der Waals surface area (Å²) in [4.78, 5) is 0. The molecule has 1 unspecified atom stereocenters. The van der Waals surface area contributed by atoms with Gasteiger partial charge in [-0.2, -0.15) is 11.8 Å². The molecule has 106 valence electrons. The van der Waals surface area contributed by atoms with Gasteiger partial charge < -0.3 is 15.2 Å². The Labute approximate surface area is 119 Å². The number of benzene rings is 1. The lowest BCUT2D eigenvalue weighted by Gasteiger charge is -2.26. The molecule has 1 aliphatic rings. The number of ether oxygens (including phenoxy) is 1. The van der Waals surface area contributed by atoms with E-state index in [1.807, 2.05) is 17.8 Å². The first kappa shape index (κ1) is 14.7. The first-order chi connectivity index (χ1) is 9.42. The largest absolute Gasteiger partial charge is 0.493 e. The number of para-hydroxylation sites is 1. The third kappa shape index (κ3) is 4.71. The summed E-state index contributed by atoms with van der Waals surface area (Å²) in [5, 5.41) is 12.2. The second-order valence-corrected chi connectivity index (χ2v) is 5.99. The standard InChI is InChI=1S/C15H23NO2S/c17-8-3-10-19-11-7-16-12-13-6-9-18-15-5-2-1-4-14(13)15/h1-2,4-5,13,16-17H,3,6-12H2. The van der Waals surface area contributed by atoms with Gasteiger partial charge in [-0.3, -0.25) is 0 Å². The first-order valence-electron chi connectivity index (χ1n) is 7.03. The van der Waals surface area contributed by atoms with Crippen molar-refractivity contribution in [1.82, 2.24) is 5.32 Å². The van der Waals surface area contributed by atoms with Gasteiger partial charge in [-0.25, -0.2) is 0 Å². The van der Waals surface area contributed by atoms with Crippen molar-refractivity contribution in [2.24, 2.45) is 0 Å². The molecule has 0 saturated carbocycles. The molecule has 1 atom stereocenters. The zero-order valence-corrected chi connectivity index (χ0v) is 12.1. The molecule has 1 aromatic rings. The van der Waals surface area contributed by atoms with Crippen LogP contribution in [0.5, 0.6) is 5.75 Å². The minimum absolute atomic E-state index is 0.305. The Balaban J connectivity index is 1.67. The molecule has 0 saturated heterocycles. The number of hydrogen-bond acceptors (Lipinski definition) is 4. The van der Waals surface area contributed by atoms with Crippen molar-refractivity contribution in [1.29, 1.82) is 0 Å². The summed E-state index contributed by atoms with van der Waals surface area (Å²) < 4.78 is 5.67. The molecule has 1 heterocycles. The summed E-state index contributed by atoms with van der Waals surface area (Å²) >= 11 is 1.90. The van der Waals surface area contributed by atoms with Crippen molar-refractivity contribution >= 4 is 11.8 Å². The highest BCUT2D eigenvalue weighted by Crippen LogP contribution is 2.32. The molecule has 0 bridgehead atoms. The van der Waals surface area contributed by atoms with Gasteiger partial charge in [0.05, 0.1) is 6.61 Å². The van der Waals surface area contributed by atoms with E-state index >= 15 is 0 Å². The number of nitrogens with one attached hydrogen (secondary N) is 1. The maximum atomic E-state index is 8.69. The Morgan fingerprint density at radius 1 is 1.32 bits per heavy atom. The van der Waals surface area contributed by atoms with Gasteiger partial charge in [-0.05, 0) is 30.2 Å². The second kappa shape index (κ2) is 8.46. The quantitative estimate of drug-likeness (QED) is 0.717. The highest BCUT2D eigenvalue weighted by atomic mass is 32.2. The molecule has 0 spiro atoms. The van der Waals surface area contributed by atoms with Gasteiger partial charge in [0.2, 0.25) is 0 Å². The third-order valence-electron chi connectivity index (χ3n) is 3.34. The van der Waals surface area contributed by atoms with E-state index in [0.29, 0.717) is 12.5 Å². The van der Waals surface area contributed by atoms with Crippen molar-refractivity contribution in [2.75, 3.05) is 37.8 Å². The highest BCUT2D eigenvalue weighted by molar-refractivity contribution is 7.99. The maximum Gasteiger partial charge on any atom is 0.122 e. The molecule has 0 aliphatic carbocycles. The molecule has 2 N–H and O–H groups in total. The monoisotopic (exact) mass is 281 g/mol. The van der Waals surface area contributed by atoms with Crippen LogP contribution in [0.3, 0.4) is 0 Å². The molecule has 0 aromatic heterocycles. The van der Waals surface area contributed by atoms with Crippen LogP contribution in [0.2, 0.25) is 0 Å². The molecule has 0 radical (unpaired) electrons.